The zero-order valence-electron chi connectivity index (χ0n) is 14.7. The lowest BCUT2D eigenvalue weighted by atomic mass is 9.92. The van der Waals surface area contributed by atoms with Crippen LogP contribution in [0.3, 0.4) is 0 Å². The van der Waals surface area contributed by atoms with Crippen molar-refractivity contribution < 1.29 is 4.74 Å². The standard InChI is InChI=1S/C19H23N5O/c1-13-19(23-17-4-3-16(25-2)10-18(17)22-13)24-7-5-14(6-8-24)9-15-11-20-12-21-15/h3-4,10-12,14H,5-9H2,1-2H3,(H,20,21). The van der Waals surface area contributed by atoms with Crippen LogP contribution in [-0.4, -0.2) is 40.1 Å². The second kappa shape index (κ2) is 6.70. The fourth-order valence-corrected chi connectivity index (χ4v) is 3.60. The maximum atomic E-state index is 5.28. The zero-order valence-corrected chi connectivity index (χ0v) is 14.7. The first-order valence-corrected chi connectivity index (χ1v) is 8.77. The zero-order chi connectivity index (χ0) is 17.2. The maximum Gasteiger partial charge on any atom is 0.150 e. The molecule has 1 saturated heterocycles. The molecule has 1 fully saturated rings. The summed E-state index contributed by atoms with van der Waals surface area (Å²) < 4.78 is 5.28. The molecule has 25 heavy (non-hydrogen) atoms. The quantitative estimate of drug-likeness (QED) is 0.792. The molecular weight excluding hydrogens is 314 g/mol. The van der Waals surface area contributed by atoms with Crippen LogP contribution in [0.4, 0.5) is 5.82 Å². The molecule has 3 aromatic rings. The summed E-state index contributed by atoms with van der Waals surface area (Å²) in [6.07, 6.45) is 7.10. The van der Waals surface area contributed by atoms with Crippen LogP contribution in [0.1, 0.15) is 24.2 Å². The highest BCUT2D eigenvalue weighted by molar-refractivity contribution is 5.78. The molecule has 2 aromatic heterocycles. The normalized spacial score (nSPS) is 15.7. The number of piperidine rings is 1. The molecule has 0 atom stereocenters. The Morgan fingerprint density at radius 3 is 2.76 bits per heavy atom. The van der Waals surface area contributed by atoms with Crippen LogP contribution < -0.4 is 9.64 Å². The molecule has 0 saturated carbocycles. The van der Waals surface area contributed by atoms with E-state index in [1.54, 1.807) is 13.4 Å². The van der Waals surface area contributed by atoms with E-state index in [0.717, 1.165) is 47.8 Å². The molecule has 1 aliphatic rings. The summed E-state index contributed by atoms with van der Waals surface area (Å²) in [5, 5.41) is 0. The smallest absolute Gasteiger partial charge is 0.150 e. The lowest BCUT2D eigenvalue weighted by Gasteiger charge is -2.33. The van der Waals surface area contributed by atoms with E-state index in [-0.39, 0.29) is 0 Å². The van der Waals surface area contributed by atoms with E-state index >= 15 is 0 Å². The van der Waals surface area contributed by atoms with Gasteiger partial charge in [0.05, 0.1) is 30.2 Å². The number of ether oxygens (including phenoxy) is 1. The summed E-state index contributed by atoms with van der Waals surface area (Å²) in [6.45, 7) is 4.09. The third-order valence-electron chi connectivity index (χ3n) is 5.00. The molecule has 3 heterocycles. The fourth-order valence-electron chi connectivity index (χ4n) is 3.60. The molecular formula is C19H23N5O. The Hall–Kier alpha value is -2.63. The highest BCUT2D eigenvalue weighted by Gasteiger charge is 2.22. The largest absolute Gasteiger partial charge is 0.497 e. The van der Waals surface area contributed by atoms with Crippen LogP contribution >= 0.6 is 0 Å². The third kappa shape index (κ3) is 3.29. The number of nitrogens with one attached hydrogen (secondary N) is 1. The van der Waals surface area contributed by atoms with Crippen molar-refractivity contribution in [3.05, 3.63) is 42.1 Å². The van der Waals surface area contributed by atoms with Gasteiger partial charge in [-0.25, -0.2) is 15.0 Å². The monoisotopic (exact) mass is 337 g/mol. The van der Waals surface area contributed by atoms with E-state index in [0.29, 0.717) is 5.92 Å². The topological polar surface area (TPSA) is 66.9 Å². The number of hydrogen-bond donors (Lipinski definition) is 1. The van der Waals surface area contributed by atoms with E-state index in [2.05, 4.69) is 14.9 Å². The number of aryl methyl sites for hydroxylation is 1. The molecule has 130 valence electrons. The summed E-state index contributed by atoms with van der Waals surface area (Å²) in [4.78, 5) is 19.3. The molecule has 1 N–H and O–H groups in total. The van der Waals surface area contributed by atoms with Crippen molar-refractivity contribution >= 4 is 16.9 Å². The van der Waals surface area contributed by atoms with Crippen molar-refractivity contribution in [2.24, 2.45) is 5.92 Å². The Balaban J connectivity index is 1.49. The Kier molecular flexibility index (Phi) is 4.26. The number of hydrogen-bond acceptors (Lipinski definition) is 5. The first kappa shape index (κ1) is 15.9. The van der Waals surface area contributed by atoms with Gasteiger partial charge in [-0.3, -0.25) is 0 Å². The minimum Gasteiger partial charge on any atom is -0.497 e. The highest BCUT2D eigenvalue weighted by atomic mass is 16.5. The number of fused-ring (bicyclic) bond motifs is 1. The molecule has 0 bridgehead atoms. The van der Waals surface area contributed by atoms with Crippen LogP contribution in [0.15, 0.2) is 30.7 Å². The van der Waals surface area contributed by atoms with E-state index in [4.69, 9.17) is 14.7 Å². The van der Waals surface area contributed by atoms with Gasteiger partial charge in [0.25, 0.3) is 0 Å². The SMILES string of the molecule is COc1ccc2nc(N3CCC(Cc4cnc[nH]4)CC3)c(C)nc2c1. The second-order valence-corrected chi connectivity index (χ2v) is 6.70. The molecule has 0 aliphatic carbocycles. The number of H-pyrrole nitrogens is 1. The number of methoxy groups -OCH3 is 1. The first-order chi connectivity index (χ1) is 12.2. The van der Waals surface area contributed by atoms with Crippen LogP contribution in [0.5, 0.6) is 5.75 Å². The molecule has 0 radical (unpaired) electrons. The van der Waals surface area contributed by atoms with Gasteiger partial charge in [-0.15, -0.1) is 0 Å². The predicted octanol–water partition coefficient (Wildman–Crippen LogP) is 3.13. The van der Waals surface area contributed by atoms with E-state index in [1.165, 1.54) is 18.5 Å². The number of aromatic nitrogens is 4. The van der Waals surface area contributed by atoms with Gasteiger partial charge < -0.3 is 14.6 Å². The lowest BCUT2D eigenvalue weighted by Crippen LogP contribution is -2.35. The Morgan fingerprint density at radius 2 is 2.04 bits per heavy atom. The molecule has 1 aliphatic heterocycles. The summed E-state index contributed by atoms with van der Waals surface area (Å²) in [6, 6.07) is 5.86. The average molecular weight is 337 g/mol. The fraction of sp³-hybridized carbons (Fsp3) is 0.421. The number of nitrogens with zero attached hydrogens (tertiary/aromatic N) is 4. The van der Waals surface area contributed by atoms with Gasteiger partial charge >= 0.3 is 0 Å². The number of benzene rings is 1. The molecule has 4 rings (SSSR count). The molecule has 0 amide bonds. The van der Waals surface area contributed by atoms with Crippen LogP contribution in [0.2, 0.25) is 0 Å². The molecule has 1 aromatic carbocycles. The van der Waals surface area contributed by atoms with Crippen LogP contribution in [0.25, 0.3) is 11.0 Å². The van der Waals surface area contributed by atoms with Crippen molar-refractivity contribution in [2.75, 3.05) is 25.1 Å². The van der Waals surface area contributed by atoms with Crippen LogP contribution in [0, 0.1) is 12.8 Å². The Labute approximate surface area is 147 Å². The van der Waals surface area contributed by atoms with Gasteiger partial charge in [0.1, 0.15) is 5.75 Å². The summed E-state index contributed by atoms with van der Waals surface area (Å²) in [5.74, 6) is 2.53. The van der Waals surface area contributed by atoms with Gasteiger partial charge in [-0.2, -0.15) is 0 Å². The molecule has 0 unspecified atom stereocenters. The van der Waals surface area contributed by atoms with Gasteiger partial charge in [0.2, 0.25) is 0 Å². The van der Waals surface area contributed by atoms with Gasteiger partial charge in [0, 0.05) is 31.0 Å². The Morgan fingerprint density at radius 1 is 1.20 bits per heavy atom. The van der Waals surface area contributed by atoms with Crippen molar-refractivity contribution in [3.63, 3.8) is 0 Å². The minimum atomic E-state index is 0.703. The van der Waals surface area contributed by atoms with Crippen molar-refractivity contribution in [2.45, 2.75) is 26.2 Å². The third-order valence-corrected chi connectivity index (χ3v) is 5.00. The number of rotatable bonds is 4. The summed E-state index contributed by atoms with van der Waals surface area (Å²) in [7, 11) is 1.67. The molecule has 6 heteroatoms. The van der Waals surface area contributed by atoms with Crippen LogP contribution in [-0.2, 0) is 6.42 Å². The average Bonchev–Trinajstić information content (AvgIpc) is 3.14. The summed E-state index contributed by atoms with van der Waals surface area (Å²) in [5.41, 5.74) is 4.01. The number of anilines is 1. The summed E-state index contributed by atoms with van der Waals surface area (Å²) >= 11 is 0. The van der Waals surface area contributed by atoms with Crippen molar-refractivity contribution in [3.8, 4) is 5.75 Å². The van der Waals surface area contributed by atoms with Gasteiger partial charge in [-0.1, -0.05) is 0 Å². The first-order valence-electron chi connectivity index (χ1n) is 8.77. The van der Waals surface area contributed by atoms with Gasteiger partial charge in [-0.05, 0) is 44.2 Å². The van der Waals surface area contributed by atoms with E-state index in [1.807, 2.05) is 31.3 Å². The van der Waals surface area contributed by atoms with E-state index < -0.39 is 0 Å². The second-order valence-electron chi connectivity index (χ2n) is 6.70. The van der Waals surface area contributed by atoms with Gasteiger partial charge in [0.15, 0.2) is 5.82 Å². The Bertz CT molecular complexity index is 854. The number of imidazole rings is 1. The lowest BCUT2D eigenvalue weighted by molar-refractivity contribution is 0.399. The minimum absolute atomic E-state index is 0.703. The number of aromatic amines is 1. The molecule has 6 nitrogen and oxygen atoms in total. The predicted molar refractivity (Wildman–Crippen MR) is 98.1 cm³/mol. The van der Waals surface area contributed by atoms with E-state index in [9.17, 15) is 0 Å². The van der Waals surface area contributed by atoms with Crippen molar-refractivity contribution in [1.82, 2.24) is 19.9 Å². The maximum absolute atomic E-state index is 5.28. The van der Waals surface area contributed by atoms with Crippen molar-refractivity contribution in [1.29, 1.82) is 0 Å². The highest BCUT2D eigenvalue weighted by Crippen LogP contribution is 2.28. The molecule has 0 spiro atoms.